The van der Waals surface area contributed by atoms with Crippen LogP contribution in [0.3, 0.4) is 0 Å². The third kappa shape index (κ3) is 7.78. The number of ether oxygens (including phenoxy) is 1. The highest BCUT2D eigenvalue weighted by atomic mass is 16.5. The maximum atomic E-state index is 12.4. The van der Waals surface area contributed by atoms with Gasteiger partial charge in [-0.2, -0.15) is 0 Å². The molecular weight excluding hydrogens is 368 g/mol. The van der Waals surface area contributed by atoms with E-state index in [9.17, 15) is 14.4 Å². The van der Waals surface area contributed by atoms with Gasteiger partial charge in [0.1, 0.15) is 0 Å². The molecule has 0 bridgehead atoms. The van der Waals surface area contributed by atoms with Crippen LogP contribution in [0.15, 0.2) is 54.6 Å². The number of benzene rings is 2. The van der Waals surface area contributed by atoms with Gasteiger partial charge in [0.15, 0.2) is 6.61 Å². The number of anilines is 1. The van der Waals surface area contributed by atoms with E-state index in [0.29, 0.717) is 25.1 Å². The molecule has 1 N–H and O–H groups in total. The number of amides is 2. The quantitative estimate of drug-likeness (QED) is 0.625. The Morgan fingerprint density at radius 1 is 1.00 bits per heavy atom. The van der Waals surface area contributed by atoms with Crippen LogP contribution >= 0.6 is 0 Å². The van der Waals surface area contributed by atoms with Crippen molar-refractivity contribution in [1.82, 2.24) is 4.90 Å². The summed E-state index contributed by atoms with van der Waals surface area (Å²) in [5, 5.41) is 2.82. The minimum atomic E-state index is -0.428. The van der Waals surface area contributed by atoms with Crippen LogP contribution in [0, 0.1) is 6.92 Å². The van der Waals surface area contributed by atoms with E-state index in [4.69, 9.17) is 4.74 Å². The molecule has 0 aliphatic heterocycles. The maximum absolute atomic E-state index is 12.4. The molecule has 2 amide bonds. The Hall–Kier alpha value is -3.15. The molecule has 154 valence electrons. The lowest BCUT2D eigenvalue weighted by Gasteiger charge is -2.21. The number of nitrogens with zero attached hydrogens (tertiary/aromatic N) is 1. The summed E-state index contributed by atoms with van der Waals surface area (Å²) in [7, 11) is 0. The molecule has 0 spiro atoms. The van der Waals surface area contributed by atoms with E-state index in [1.54, 1.807) is 0 Å². The predicted molar refractivity (Wildman–Crippen MR) is 112 cm³/mol. The van der Waals surface area contributed by atoms with Crippen LogP contribution in [0.2, 0.25) is 0 Å². The fraction of sp³-hybridized carbons (Fsp3) is 0.348. The Bertz CT molecular complexity index is 821. The largest absolute Gasteiger partial charge is 0.456 e. The fourth-order valence-corrected chi connectivity index (χ4v) is 2.83. The number of rotatable bonds is 10. The molecule has 6 heteroatoms. The van der Waals surface area contributed by atoms with Crippen molar-refractivity contribution in [2.45, 2.75) is 33.1 Å². The van der Waals surface area contributed by atoms with Gasteiger partial charge in [-0.15, -0.1) is 0 Å². The highest BCUT2D eigenvalue weighted by Gasteiger charge is 2.18. The molecule has 6 nitrogen and oxygen atoms in total. The summed E-state index contributed by atoms with van der Waals surface area (Å²) in [5.41, 5.74) is 2.70. The summed E-state index contributed by atoms with van der Waals surface area (Å²) in [4.78, 5) is 38.1. The third-order valence-corrected chi connectivity index (χ3v) is 4.42. The summed E-state index contributed by atoms with van der Waals surface area (Å²) in [5.74, 6) is -1.08. The molecule has 0 saturated carbocycles. The summed E-state index contributed by atoms with van der Waals surface area (Å²) < 4.78 is 5.11. The van der Waals surface area contributed by atoms with Crippen molar-refractivity contribution in [2.75, 3.05) is 25.0 Å². The van der Waals surface area contributed by atoms with Crippen LogP contribution in [0.4, 0.5) is 5.69 Å². The summed E-state index contributed by atoms with van der Waals surface area (Å²) >= 11 is 0. The molecule has 0 unspecified atom stereocenters. The molecule has 0 aliphatic rings. The first-order chi connectivity index (χ1) is 14.0. The van der Waals surface area contributed by atoms with E-state index in [2.05, 4.69) is 5.32 Å². The first-order valence-electron chi connectivity index (χ1n) is 9.82. The lowest BCUT2D eigenvalue weighted by Crippen LogP contribution is -2.40. The number of nitrogens with one attached hydrogen (secondary N) is 1. The van der Waals surface area contributed by atoms with Gasteiger partial charge in [-0.25, -0.2) is 0 Å². The van der Waals surface area contributed by atoms with Crippen LogP contribution in [-0.2, 0) is 25.5 Å². The first-order valence-corrected chi connectivity index (χ1v) is 9.82. The Balaban J connectivity index is 1.81. The Kier molecular flexibility index (Phi) is 8.89. The van der Waals surface area contributed by atoms with Crippen molar-refractivity contribution in [2.24, 2.45) is 0 Å². The number of carbonyl (C=O) groups is 3. The van der Waals surface area contributed by atoms with E-state index in [-0.39, 0.29) is 31.4 Å². The van der Waals surface area contributed by atoms with Crippen molar-refractivity contribution in [1.29, 1.82) is 0 Å². The van der Waals surface area contributed by atoms with Gasteiger partial charge in [0.05, 0.1) is 6.54 Å². The zero-order chi connectivity index (χ0) is 21.1. The fourth-order valence-electron chi connectivity index (χ4n) is 2.83. The molecule has 0 heterocycles. The Labute approximate surface area is 171 Å². The maximum Gasteiger partial charge on any atom is 0.306 e. The van der Waals surface area contributed by atoms with Crippen molar-refractivity contribution < 1.29 is 19.1 Å². The molecule has 0 atom stereocenters. The number of hydrogen-bond acceptors (Lipinski definition) is 4. The van der Waals surface area contributed by atoms with Crippen LogP contribution < -0.4 is 5.32 Å². The van der Waals surface area contributed by atoms with Crippen molar-refractivity contribution in [3.63, 3.8) is 0 Å². The van der Waals surface area contributed by atoms with Crippen LogP contribution in [0.5, 0.6) is 0 Å². The van der Waals surface area contributed by atoms with E-state index >= 15 is 0 Å². The number of hydrogen-bond donors (Lipinski definition) is 1. The van der Waals surface area contributed by atoms with Crippen molar-refractivity contribution in [3.05, 3.63) is 65.7 Å². The number of carbonyl (C=O) groups excluding carboxylic acids is 3. The van der Waals surface area contributed by atoms with E-state index in [1.165, 1.54) is 4.90 Å². The van der Waals surface area contributed by atoms with Crippen LogP contribution in [0.1, 0.15) is 30.9 Å². The Morgan fingerprint density at radius 3 is 2.38 bits per heavy atom. The number of para-hydroxylation sites is 1. The molecule has 0 fully saturated rings. The zero-order valence-electron chi connectivity index (χ0n) is 17.0. The second kappa shape index (κ2) is 11.6. The molecule has 0 saturated heterocycles. The first kappa shape index (κ1) is 22.1. The average Bonchev–Trinajstić information content (AvgIpc) is 2.72. The smallest absolute Gasteiger partial charge is 0.306 e. The van der Waals surface area contributed by atoms with Crippen molar-refractivity contribution >= 4 is 23.5 Å². The molecule has 2 aromatic rings. The van der Waals surface area contributed by atoms with Crippen LogP contribution in [-0.4, -0.2) is 42.4 Å². The Morgan fingerprint density at radius 2 is 1.69 bits per heavy atom. The van der Waals surface area contributed by atoms with E-state index in [0.717, 1.165) is 11.1 Å². The number of esters is 1. The molecule has 0 aliphatic carbocycles. The third-order valence-electron chi connectivity index (χ3n) is 4.42. The van der Waals surface area contributed by atoms with E-state index in [1.807, 2.05) is 68.4 Å². The van der Waals surface area contributed by atoms with Crippen molar-refractivity contribution in [3.8, 4) is 0 Å². The van der Waals surface area contributed by atoms with Gasteiger partial charge in [-0.3, -0.25) is 14.4 Å². The van der Waals surface area contributed by atoms with E-state index < -0.39 is 5.97 Å². The lowest BCUT2D eigenvalue weighted by molar-refractivity contribution is -0.152. The summed E-state index contributed by atoms with van der Waals surface area (Å²) in [6.45, 7) is 3.81. The van der Waals surface area contributed by atoms with Gasteiger partial charge < -0.3 is 15.0 Å². The van der Waals surface area contributed by atoms with Gasteiger partial charge in [-0.1, -0.05) is 55.5 Å². The van der Waals surface area contributed by atoms with Gasteiger partial charge in [0.2, 0.25) is 5.91 Å². The highest BCUT2D eigenvalue weighted by molar-refractivity contribution is 5.95. The second-order valence-electron chi connectivity index (χ2n) is 6.82. The zero-order valence-corrected chi connectivity index (χ0v) is 17.0. The number of aryl methyl sites for hydroxylation is 2. The molecule has 2 aromatic carbocycles. The van der Waals surface area contributed by atoms with Gasteiger partial charge in [0, 0.05) is 18.7 Å². The highest BCUT2D eigenvalue weighted by Crippen LogP contribution is 2.13. The monoisotopic (exact) mass is 396 g/mol. The molecule has 0 radical (unpaired) electrons. The topological polar surface area (TPSA) is 75.7 Å². The average molecular weight is 396 g/mol. The molecule has 0 aromatic heterocycles. The van der Waals surface area contributed by atoms with Crippen LogP contribution in [0.25, 0.3) is 0 Å². The molecule has 2 rings (SSSR count). The van der Waals surface area contributed by atoms with Gasteiger partial charge in [0.25, 0.3) is 5.91 Å². The van der Waals surface area contributed by atoms with Gasteiger partial charge in [-0.05, 0) is 37.0 Å². The summed E-state index contributed by atoms with van der Waals surface area (Å²) in [6.07, 6.45) is 1.47. The predicted octanol–water partition coefficient (Wildman–Crippen LogP) is 3.35. The minimum absolute atomic E-state index is 0.0808. The molecular formula is C23H28N2O4. The lowest BCUT2D eigenvalue weighted by atomic mass is 10.1. The second-order valence-corrected chi connectivity index (χ2v) is 6.82. The molecule has 29 heavy (non-hydrogen) atoms. The summed E-state index contributed by atoms with van der Waals surface area (Å²) in [6, 6.07) is 17.1. The normalized spacial score (nSPS) is 10.3. The SMILES string of the molecule is CCCN(CC(=O)Nc1ccccc1C)C(=O)COC(=O)CCc1ccccc1. The minimum Gasteiger partial charge on any atom is -0.456 e. The standard InChI is InChI=1S/C23H28N2O4/c1-3-15-25(16-21(26)24-20-12-8-7-9-18(20)2)22(27)17-29-23(28)14-13-19-10-5-4-6-11-19/h4-12H,3,13-17H2,1-2H3,(H,24,26). The van der Waals surface area contributed by atoms with Gasteiger partial charge >= 0.3 is 5.97 Å².